The van der Waals surface area contributed by atoms with Gasteiger partial charge in [-0.3, -0.25) is 9.78 Å². The third kappa shape index (κ3) is 2.65. The van der Waals surface area contributed by atoms with E-state index in [1.165, 1.54) is 0 Å². The molecule has 0 unspecified atom stereocenters. The summed E-state index contributed by atoms with van der Waals surface area (Å²) in [5.41, 5.74) is 4.36. The molecule has 0 aliphatic carbocycles. The highest BCUT2D eigenvalue weighted by Crippen LogP contribution is 2.34. The molecule has 0 radical (unpaired) electrons. The fourth-order valence-corrected chi connectivity index (χ4v) is 3.11. The van der Waals surface area contributed by atoms with Crippen LogP contribution in [-0.4, -0.2) is 30.1 Å². The van der Waals surface area contributed by atoms with Gasteiger partial charge in [-0.15, -0.1) is 0 Å². The Kier molecular flexibility index (Phi) is 4.01. The van der Waals surface area contributed by atoms with Crippen LogP contribution in [0.2, 0.25) is 0 Å². The van der Waals surface area contributed by atoms with Crippen LogP contribution in [-0.2, 0) is 6.54 Å². The number of carbonyl (C=O) groups is 1. The summed E-state index contributed by atoms with van der Waals surface area (Å²) in [4.78, 5) is 22.8. The minimum absolute atomic E-state index is 0.00927. The molecule has 0 bridgehead atoms. The monoisotopic (exact) mass is 347 g/mol. The van der Waals surface area contributed by atoms with Crippen LogP contribution < -0.4 is 14.4 Å². The molecular formula is C20H17N3O3. The Morgan fingerprint density at radius 3 is 2.65 bits per heavy atom. The molecule has 1 amide bonds. The molecule has 2 aromatic heterocycles. The van der Waals surface area contributed by atoms with Crippen LogP contribution in [0.15, 0.2) is 55.0 Å². The maximum absolute atomic E-state index is 12.7. The van der Waals surface area contributed by atoms with E-state index < -0.39 is 0 Å². The standard InChI is InChI=1S/C20H17N3O3/c1-25-18-9-14(10-22-19(18)26-2)13-5-6-17-15(8-13)12-23(20(17)24)16-4-3-7-21-11-16/h3-11H,12H2,1-2H3. The molecule has 0 saturated carbocycles. The van der Waals surface area contributed by atoms with Crippen molar-refractivity contribution in [2.75, 3.05) is 19.1 Å². The third-order valence-corrected chi connectivity index (χ3v) is 4.43. The molecule has 6 heteroatoms. The van der Waals surface area contributed by atoms with Crippen molar-refractivity contribution in [3.05, 3.63) is 66.1 Å². The fraction of sp³-hybridized carbons (Fsp3) is 0.150. The normalized spacial score (nSPS) is 12.8. The summed E-state index contributed by atoms with van der Waals surface area (Å²) >= 11 is 0. The first kappa shape index (κ1) is 16.1. The minimum atomic E-state index is -0.00927. The Balaban J connectivity index is 1.69. The number of nitrogens with zero attached hydrogens (tertiary/aromatic N) is 3. The average Bonchev–Trinajstić information content (AvgIpc) is 3.04. The van der Waals surface area contributed by atoms with Crippen LogP contribution in [0.1, 0.15) is 15.9 Å². The largest absolute Gasteiger partial charge is 0.491 e. The highest BCUT2D eigenvalue weighted by molar-refractivity contribution is 6.10. The smallest absolute Gasteiger partial charge is 0.258 e. The highest BCUT2D eigenvalue weighted by Gasteiger charge is 2.28. The van der Waals surface area contributed by atoms with Crippen LogP contribution in [0.5, 0.6) is 11.6 Å². The van der Waals surface area contributed by atoms with Crippen molar-refractivity contribution in [3.63, 3.8) is 0 Å². The van der Waals surface area contributed by atoms with Gasteiger partial charge in [-0.25, -0.2) is 4.98 Å². The maximum atomic E-state index is 12.7. The van der Waals surface area contributed by atoms with E-state index in [9.17, 15) is 4.79 Å². The number of anilines is 1. The second-order valence-electron chi connectivity index (χ2n) is 5.91. The van der Waals surface area contributed by atoms with Gasteiger partial charge >= 0.3 is 0 Å². The average molecular weight is 347 g/mol. The molecule has 4 rings (SSSR count). The quantitative estimate of drug-likeness (QED) is 0.724. The number of amides is 1. The van der Waals surface area contributed by atoms with Gasteiger partial charge in [0.05, 0.1) is 32.6 Å². The van der Waals surface area contributed by atoms with E-state index in [2.05, 4.69) is 9.97 Å². The van der Waals surface area contributed by atoms with E-state index in [1.807, 2.05) is 36.4 Å². The molecule has 26 heavy (non-hydrogen) atoms. The van der Waals surface area contributed by atoms with Crippen LogP contribution in [0, 0.1) is 0 Å². The Hall–Kier alpha value is -3.41. The maximum Gasteiger partial charge on any atom is 0.258 e. The molecule has 3 heterocycles. The van der Waals surface area contributed by atoms with Gasteiger partial charge in [-0.05, 0) is 41.5 Å². The molecule has 0 atom stereocenters. The van der Waals surface area contributed by atoms with E-state index in [0.29, 0.717) is 23.7 Å². The zero-order valence-corrected chi connectivity index (χ0v) is 14.5. The topological polar surface area (TPSA) is 64.5 Å². The van der Waals surface area contributed by atoms with E-state index >= 15 is 0 Å². The van der Waals surface area contributed by atoms with Gasteiger partial charge in [0.25, 0.3) is 11.8 Å². The molecule has 1 aliphatic rings. The number of aromatic nitrogens is 2. The first-order valence-electron chi connectivity index (χ1n) is 8.14. The second kappa shape index (κ2) is 6.48. The lowest BCUT2D eigenvalue weighted by Gasteiger charge is -2.14. The van der Waals surface area contributed by atoms with Crippen LogP contribution in [0.4, 0.5) is 5.69 Å². The summed E-state index contributed by atoms with van der Waals surface area (Å²) in [6, 6.07) is 11.4. The summed E-state index contributed by atoms with van der Waals surface area (Å²) in [5, 5.41) is 0. The number of methoxy groups -OCH3 is 2. The first-order valence-corrected chi connectivity index (χ1v) is 8.14. The van der Waals surface area contributed by atoms with Crippen molar-refractivity contribution in [2.24, 2.45) is 0 Å². The molecule has 0 N–H and O–H groups in total. The molecule has 0 spiro atoms. The van der Waals surface area contributed by atoms with Gasteiger partial charge in [0.1, 0.15) is 0 Å². The summed E-state index contributed by atoms with van der Waals surface area (Å²) in [5.74, 6) is 0.999. The number of ether oxygens (including phenoxy) is 2. The molecule has 3 aromatic rings. The van der Waals surface area contributed by atoms with Gasteiger partial charge in [-0.1, -0.05) is 6.07 Å². The third-order valence-electron chi connectivity index (χ3n) is 4.43. The van der Waals surface area contributed by atoms with Crippen molar-refractivity contribution in [2.45, 2.75) is 6.54 Å². The molecular weight excluding hydrogens is 330 g/mol. The van der Waals surface area contributed by atoms with E-state index in [4.69, 9.17) is 9.47 Å². The van der Waals surface area contributed by atoms with Gasteiger partial charge in [-0.2, -0.15) is 0 Å². The summed E-state index contributed by atoms with van der Waals surface area (Å²) in [6.45, 7) is 0.522. The number of hydrogen-bond donors (Lipinski definition) is 0. The van der Waals surface area contributed by atoms with E-state index in [-0.39, 0.29) is 5.91 Å². The molecule has 0 fully saturated rings. The van der Waals surface area contributed by atoms with Crippen LogP contribution in [0.25, 0.3) is 11.1 Å². The Labute approximate surface area is 151 Å². The zero-order valence-electron chi connectivity index (χ0n) is 14.5. The number of rotatable bonds is 4. The Morgan fingerprint density at radius 2 is 1.92 bits per heavy atom. The summed E-state index contributed by atoms with van der Waals surface area (Å²) < 4.78 is 10.5. The minimum Gasteiger partial charge on any atom is -0.491 e. The van der Waals surface area contributed by atoms with Crippen molar-refractivity contribution in [3.8, 4) is 22.8 Å². The summed E-state index contributed by atoms with van der Waals surface area (Å²) in [7, 11) is 3.13. The molecule has 130 valence electrons. The lowest BCUT2D eigenvalue weighted by atomic mass is 10.0. The Bertz CT molecular complexity index is 973. The molecule has 0 saturated heterocycles. The first-order chi connectivity index (χ1) is 12.7. The van der Waals surface area contributed by atoms with Crippen LogP contribution in [0.3, 0.4) is 0 Å². The lowest BCUT2D eigenvalue weighted by Crippen LogP contribution is -2.22. The summed E-state index contributed by atoms with van der Waals surface area (Å²) in [6.07, 6.45) is 5.13. The van der Waals surface area contributed by atoms with Crippen LogP contribution >= 0.6 is 0 Å². The van der Waals surface area contributed by atoms with Crippen molar-refractivity contribution in [1.29, 1.82) is 0 Å². The molecule has 1 aliphatic heterocycles. The van der Waals surface area contributed by atoms with E-state index in [1.54, 1.807) is 37.7 Å². The number of carbonyl (C=O) groups excluding carboxylic acids is 1. The van der Waals surface area contributed by atoms with E-state index in [0.717, 1.165) is 22.4 Å². The van der Waals surface area contributed by atoms with Crippen molar-refractivity contribution >= 4 is 11.6 Å². The number of benzene rings is 1. The number of hydrogen-bond acceptors (Lipinski definition) is 5. The van der Waals surface area contributed by atoms with Gasteiger partial charge in [0.15, 0.2) is 5.75 Å². The highest BCUT2D eigenvalue weighted by atomic mass is 16.5. The predicted molar refractivity (Wildman–Crippen MR) is 97.5 cm³/mol. The second-order valence-corrected chi connectivity index (χ2v) is 5.91. The number of fused-ring (bicyclic) bond motifs is 1. The van der Waals surface area contributed by atoms with Gasteiger partial charge in [0, 0.05) is 23.5 Å². The zero-order chi connectivity index (χ0) is 18.1. The molecule has 1 aromatic carbocycles. The molecule has 6 nitrogen and oxygen atoms in total. The number of pyridine rings is 2. The fourth-order valence-electron chi connectivity index (χ4n) is 3.11. The van der Waals surface area contributed by atoms with Gasteiger partial charge < -0.3 is 14.4 Å². The lowest BCUT2D eigenvalue weighted by molar-refractivity contribution is 0.0996. The predicted octanol–water partition coefficient (Wildman–Crippen LogP) is 3.32. The Morgan fingerprint density at radius 1 is 1.04 bits per heavy atom. The SMILES string of the molecule is COc1cc(-c2ccc3c(c2)CN(c2cccnc2)C3=O)cnc1OC. The van der Waals surface area contributed by atoms with Crippen molar-refractivity contribution < 1.29 is 14.3 Å². The van der Waals surface area contributed by atoms with Gasteiger partial charge in [0.2, 0.25) is 0 Å². The van der Waals surface area contributed by atoms with Crippen molar-refractivity contribution in [1.82, 2.24) is 9.97 Å².